The van der Waals surface area contributed by atoms with E-state index in [0.717, 1.165) is 44.3 Å². The molecule has 2 aromatic carbocycles. The summed E-state index contributed by atoms with van der Waals surface area (Å²) < 4.78 is 27.9. The minimum Gasteiger partial charge on any atom is -0.350 e. The molecule has 4 rings (SSSR count). The van der Waals surface area contributed by atoms with Gasteiger partial charge in [-0.25, -0.2) is 13.1 Å². The molecule has 31 heavy (non-hydrogen) atoms. The molecule has 2 aliphatic rings. The predicted octanol–water partition coefficient (Wildman–Crippen LogP) is 4.00. The number of halogens is 2. The zero-order valence-electron chi connectivity index (χ0n) is 17.0. The minimum absolute atomic E-state index is 0.00562. The number of amides is 1. The quantitative estimate of drug-likeness (QED) is 0.596. The molecule has 0 radical (unpaired) electrons. The number of nitrogens with one attached hydrogen (secondary N) is 2. The number of rotatable bonds is 8. The first kappa shape index (κ1) is 22.6. The summed E-state index contributed by atoms with van der Waals surface area (Å²) in [5.74, 6) is -0.426. The molecule has 0 unspecified atom stereocenters. The van der Waals surface area contributed by atoms with Crippen molar-refractivity contribution in [2.24, 2.45) is 0 Å². The molecule has 6 nitrogen and oxygen atoms in total. The molecule has 9 heteroatoms. The third-order valence-corrected chi connectivity index (χ3v) is 7.97. The number of hydrogen-bond donors (Lipinski definition) is 2. The van der Waals surface area contributed by atoms with Gasteiger partial charge in [-0.1, -0.05) is 53.5 Å². The molecule has 1 saturated heterocycles. The third-order valence-electron chi connectivity index (χ3n) is 5.68. The summed E-state index contributed by atoms with van der Waals surface area (Å²) in [7, 11) is -3.82. The van der Waals surface area contributed by atoms with E-state index in [1.165, 1.54) is 12.1 Å². The summed E-state index contributed by atoms with van der Waals surface area (Å²) in [5, 5.41) is 3.05. The van der Waals surface area contributed by atoms with Crippen molar-refractivity contribution in [3.8, 4) is 0 Å². The molecular weight excluding hydrogens is 457 g/mol. The SMILES string of the molecule is O=C(NC[C@H](c1ccccc1)N1CCCC1)c1cc(S(=O)(=O)NC2CC2)c(Cl)cc1Cl. The van der Waals surface area contributed by atoms with Gasteiger partial charge >= 0.3 is 0 Å². The molecule has 1 atom stereocenters. The summed E-state index contributed by atoms with van der Waals surface area (Å²) >= 11 is 12.4. The Balaban J connectivity index is 1.54. The first-order chi connectivity index (χ1) is 14.8. The Morgan fingerprint density at radius 2 is 1.74 bits per heavy atom. The lowest BCUT2D eigenvalue weighted by molar-refractivity contribution is 0.0938. The van der Waals surface area contributed by atoms with Crippen LogP contribution in [0.15, 0.2) is 47.4 Å². The van der Waals surface area contributed by atoms with Crippen LogP contribution in [0.2, 0.25) is 10.0 Å². The number of hydrogen-bond acceptors (Lipinski definition) is 4. The van der Waals surface area contributed by atoms with Crippen molar-refractivity contribution in [3.05, 3.63) is 63.6 Å². The van der Waals surface area contributed by atoms with Crippen LogP contribution in [0.5, 0.6) is 0 Å². The van der Waals surface area contributed by atoms with Crippen molar-refractivity contribution >= 4 is 39.1 Å². The van der Waals surface area contributed by atoms with Crippen LogP contribution in [0.4, 0.5) is 0 Å². The summed E-state index contributed by atoms with van der Waals surface area (Å²) in [6.07, 6.45) is 3.87. The van der Waals surface area contributed by atoms with Crippen molar-refractivity contribution in [3.63, 3.8) is 0 Å². The van der Waals surface area contributed by atoms with Crippen molar-refractivity contribution in [2.45, 2.75) is 42.7 Å². The van der Waals surface area contributed by atoms with E-state index in [4.69, 9.17) is 23.2 Å². The number of likely N-dealkylation sites (tertiary alicyclic amines) is 1. The number of nitrogens with zero attached hydrogens (tertiary/aromatic N) is 1. The van der Waals surface area contributed by atoms with Gasteiger partial charge in [0.05, 0.1) is 21.7 Å². The van der Waals surface area contributed by atoms with Gasteiger partial charge in [-0.3, -0.25) is 9.69 Å². The summed E-state index contributed by atoms with van der Waals surface area (Å²) in [4.78, 5) is 15.2. The van der Waals surface area contributed by atoms with E-state index < -0.39 is 15.9 Å². The molecular formula is C22H25Cl2N3O3S. The maximum absolute atomic E-state index is 13.0. The van der Waals surface area contributed by atoms with Gasteiger partial charge in [0.25, 0.3) is 5.91 Å². The normalized spacial score (nSPS) is 18.1. The molecule has 2 N–H and O–H groups in total. The van der Waals surface area contributed by atoms with E-state index in [-0.39, 0.29) is 32.6 Å². The highest BCUT2D eigenvalue weighted by Gasteiger charge is 2.31. The minimum atomic E-state index is -3.82. The van der Waals surface area contributed by atoms with Gasteiger partial charge in [-0.2, -0.15) is 0 Å². The van der Waals surface area contributed by atoms with E-state index in [2.05, 4.69) is 27.1 Å². The molecule has 0 spiro atoms. The summed E-state index contributed by atoms with van der Waals surface area (Å²) in [6, 6.07) is 12.6. The van der Waals surface area contributed by atoms with Crippen LogP contribution in [0.25, 0.3) is 0 Å². The number of benzene rings is 2. The standard InChI is InChI=1S/C22H25Cl2N3O3S/c23-18-13-19(24)21(31(29,30)26-16-8-9-16)12-17(18)22(28)25-14-20(27-10-4-5-11-27)15-6-2-1-3-7-15/h1-3,6-7,12-13,16,20,26H,4-5,8-11,14H2,(H,25,28)/t20-/m1/s1. The fourth-order valence-electron chi connectivity index (χ4n) is 3.86. The molecule has 2 fully saturated rings. The van der Waals surface area contributed by atoms with Gasteiger partial charge in [0.1, 0.15) is 4.90 Å². The molecule has 1 saturated carbocycles. The van der Waals surface area contributed by atoms with Gasteiger partial charge in [0.2, 0.25) is 10.0 Å². The Kier molecular flexibility index (Phi) is 6.89. The van der Waals surface area contributed by atoms with Gasteiger partial charge in [0, 0.05) is 12.6 Å². The summed E-state index contributed by atoms with van der Waals surface area (Å²) in [5.41, 5.74) is 1.22. The Labute approximate surface area is 193 Å². The van der Waals surface area contributed by atoms with Crippen LogP contribution in [-0.2, 0) is 10.0 Å². The van der Waals surface area contributed by atoms with Gasteiger partial charge < -0.3 is 5.32 Å². The Morgan fingerprint density at radius 3 is 2.39 bits per heavy atom. The first-order valence-electron chi connectivity index (χ1n) is 10.4. The van der Waals surface area contributed by atoms with E-state index in [1.807, 2.05) is 18.2 Å². The number of carbonyl (C=O) groups excluding carboxylic acids is 1. The smallest absolute Gasteiger partial charge is 0.252 e. The Bertz CT molecular complexity index is 1050. The van der Waals surface area contributed by atoms with Crippen molar-refractivity contribution in [2.75, 3.05) is 19.6 Å². The lowest BCUT2D eigenvalue weighted by atomic mass is 10.1. The van der Waals surface area contributed by atoms with Crippen molar-refractivity contribution < 1.29 is 13.2 Å². The second kappa shape index (κ2) is 9.46. The van der Waals surface area contributed by atoms with Gasteiger partial charge in [-0.05, 0) is 56.5 Å². The number of sulfonamides is 1. The van der Waals surface area contributed by atoms with Crippen LogP contribution >= 0.6 is 23.2 Å². The monoisotopic (exact) mass is 481 g/mol. The first-order valence-corrected chi connectivity index (χ1v) is 12.7. The molecule has 0 bridgehead atoms. The van der Waals surface area contributed by atoms with Crippen LogP contribution in [0.1, 0.15) is 47.6 Å². The van der Waals surface area contributed by atoms with Crippen LogP contribution in [-0.4, -0.2) is 44.9 Å². The molecule has 1 amide bonds. The molecule has 2 aromatic rings. The van der Waals surface area contributed by atoms with E-state index in [1.54, 1.807) is 0 Å². The molecule has 166 valence electrons. The highest BCUT2D eigenvalue weighted by atomic mass is 35.5. The number of carbonyl (C=O) groups is 1. The van der Waals surface area contributed by atoms with Crippen molar-refractivity contribution in [1.29, 1.82) is 0 Å². The van der Waals surface area contributed by atoms with Gasteiger partial charge in [0.15, 0.2) is 0 Å². The highest BCUT2D eigenvalue weighted by Crippen LogP contribution is 2.31. The molecule has 1 aliphatic carbocycles. The Morgan fingerprint density at radius 1 is 1.06 bits per heavy atom. The molecule has 1 aliphatic heterocycles. The fourth-order valence-corrected chi connectivity index (χ4v) is 6.03. The topological polar surface area (TPSA) is 78.5 Å². The van der Waals surface area contributed by atoms with Crippen LogP contribution in [0.3, 0.4) is 0 Å². The van der Waals surface area contributed by atoms with Crippen molar-refractivity contribution in [1.82, 2.24) is 14.9 Å². The largest absolute Gasteiger partial charge is 0.350 e. The Hall–Kier alpha value is -1.64. The third kappa shape index (κ3) is 5.41. The van der Waals surface area contributed by atoms with Crippen LogP contribution < -0.4 is 10.0 Å². The van der Waals surface area contributed by atoms with E-state index in [9.17, 15) is 13.2 Å². The lowest BCUT2D eigenvalue weighted by Crippen LogP contribution is -2.37. The fraction of sp³-hybridized carbons (Fsp3) is 0.409. The zero-order valence-corrected chi connectivity index (χ0v) is 19.3. The van der Waals surface area contributed by atoms with Gasteiger partial charge in [-0.15, -0.1) is 0 Å². The second-order valence-electron chi connectivity index (χ2n) is 8.04. The lowest BCUT2D eigenvalue weighted by Gasteiger charge is -2.28. The molecule has 1 heterocycles. The van der Waals surface area contributed by atoms with Crippen LogP contribution in [0, 0.1) is 0 Å². The highest BCUT2D eigenvalue weighted by molar-refractivity contribution is 7.89. The predicted molar refractivity (Wildman–Crippen MR) is 122 cm³/mol. The summed E-state index contributed by atoms with van der Waals surface area (Å²) in [6.45, 7) is 2.35. The maximum atomic E-state index is 13.0. The molecule has 0 aromatic heterocycles. The second-order valence-corrected chi connectivity index (χ2v) is 10.5. The van der Waals surface area contributed by atoms with E-state index >= 15 is 0 Å². The zero-order chi connectivity index (χ0) is 22.0. The average molecular weight is 482 g/mol. The maximum Gasteiger partial charge on any atom is 0.252 e. The van der Waals surface area contributed by atoms with E-state index in [0.29, 0.717) is 6.54 Å². The average Bonchev–Trinajstić information content (AvgIpc) is 3.36.